The van der Waals surface area contributed by atoms with Crippen LogP contribution in [0, 0.1) is 0 Å². The second-order valence-electron chi connectivity index (χ2n) is 19.9. The van der Waals surface area contributed by atoms with Crippen LogP contribution in [0.15, 0.2) is 159 Å². The summed E-state index contributed by atoms with van der Waals surface area (Å²) >= 11 is 9.21. The fourth-order valence-corrected chi connectivity index (χ4v) is 11.0. The van der Waals surface area contributed by atoms with Gasteiger partial charge >= 0.3 is 13.5 Å². The largest absolute Gasteiger partial charge is 0.455 e. The number of thioether (sulfide) groups is 4. The van der Waals surface area contributed by atoms with Gasteiger partial charge in [-0.15, -0.1) is 33.7 Å². The van der Waals surface area contributed by atoms with Crippen LogP contribution in [0.25, 0.3) is 11.3 Å². The van der Waals surface area contributed by atoms with Crippen molar-refractivity contribution in [3.63, 3.8) is 0 Å². The first kappa shape index (κ1) is 76.4. The van der Waals surface area contributed by atoms with Gasteiger partial charge in [0.25, 0.3) is 0 Å². The molecule has 3 aliphatic rings. The molecule has 0 saturated carbocycles. The van der Waals surface area contributed by atoms with Gasteiger partial charge in [-0.1, -0.05) is 152 Å². The predicted molar refractivity (Wildman–Crippen MR) is 349 cm³/mol. The highest BCUT2D eigenvalue weighted by atomic mass is 79.9. The zero-order chi connectivity index (χ0) is 66.2. The van der Waals surface area contributed by atoms with Gasteiger partial charge in [-0.25, -0.2) is 42.5 Å². The van der Waals surface area contributed by atoms with Crippen molar-refractivity contribution in [1.29, 1.82) is 0 Å². The van der Waals surface area contributed by atoms with Crippen molar-refractivity contribution in [3.8, 4) is 0 Å². The number of hydrogen-bond donors (Lipinski definition) is 2. The Bertz CT molecular complexity index is 3340. The Balaban J connectivity index is 0.000000241. The minimum absolute atomic E-state index is 0.00795. The zero-order valence-electron chi connectivity index (χ0n) is 51.7. The van der Waals surface area contributed by atoms with Gasteiger partial charge in [0.1, 0.15) is 38.7 Å². The van der Waals surface area contributed by atoms with E-state index in [9.17, 15) is 18.6 Å². The summed E-state index contributed by atoms with van der Waals surface area (Å²) in [4.78, 5) is 29.3. The molecular weight excluding hydrogens is 1330 g/mol. The molecule has 4 aromatic heterocycles. The van der Waals surface area contributed by atoms with Crippen molar-refractivity contribution in [2.75, 3.05) is 58.1 Å². The van der Waals surface area contributed by atoms with E-state index in [2.05, 4.69) is 46.1 Å². The number of nitrogens with zero attached hydrogens (tertiary/aromatic N) is 8. The summed E-state index contributed by atoms with van der Waals surface area (Å²) in [5.41, 5.74) is 0.448. The van der Waals surface area contributed by atoms with Crippen molar-refractivity contribution in [2.45, 2.75) is 135 Å². The van der Waals surface area contributed by atoms with Crippen LogP contribution in [-0.2, 0) is 70.2 Å². The number of aromatic nitrogens is 8. The molecule has 91 heavy (non-hydrogen) atoms. The van der Waals surface area contributed by atoms with Crippen LogP contribution < -0.4 is 0 Å². The number of fused-ring (bicyclic) bond motifs is 2. The van der Waals surface area contributed by atoms with E-state index in [4.69, 9.17) is 47.4 Å². The van der Waals surface area contributed by atoms with Crippen LogP contribution in [0.3, 0.4) is 0 Å². The van der Waals surface area contributed by atoms with Gasteiger partial charge in [-0.2, -0.15) is 0 Å². The molecule has 1 radical (unpaired) electrons. The van der Waals surface area contributed by atoms with E-state index in [-0.39, 0.29) is 38.7 Å². The monoisotopic (exact) mass is 1410 g/mol. The van der Waals surface area contributed by atoms with Crippen LogP contribution >= 0.6 is 63.0 Å². The maximum absolute atomic E-state index is 16.8. The number of hydrogen-bond acceptors (Lipinski definition) is 20. The smallest absolute Gasteiger partial charge is 0.354 e. The van der Waals surface area contributed by atoms with E-state index < -0.39 is 47.5 Å². The Morgan fingerprint density at radius 3 is 1.47 bits per heavy atom. The first-order valence-corrected chi connectivity index (χ1v) is 34.3. The maximum Gasteiger partial charge on any atom is 0.354 e. The lowest BCUT2D eigenvalue weighted by molar-refractivity contribution is -0.258. The Kier molecular flexibility index (Phi) is 33.7. The maximum atomic E-state index is 16.8. The Labute approximate surface area is 553 Å². The Morgan fingerprint density at radius 1 is 0.648 bits per heavy atom. The topological polar surface area (TPSA) is 208 Å². The molecule has 7 atom stereocenters. The van der Waals surface area contributed by atoms with Crippen LogP contribution in [-0.4, -0.2) is 157 Å². The standard InChI is InChI=1S/C27H29FN4O4S2.C20H21FO4.C7H7BrN4S2.C4H8O.C2H5BF.C2H6O.F2/c1-26(28)22(35-16-19-12-8-5-9-13-19)20(17-34-15-18-10-6-4-7-11-18)36-27(26,33)21-14-29-23-24(37-2)30-25(38-3)31-32(21)23;1-20(21)18(24-13-16-10-6-3-7-11-16)17(25-19(20)22)14-23-12-15-8-4-2-5-9-15;1-13-6-5-9-3-4(8)12(5)11-7(10-6)14-2;1-2-4-5-3-1;1-2-3-4;1-2-3;1-2/h4-14,20,22,33H,15-17H2,1-3H3;2-11,17-18H,12-14H2,1H3;3H,1-2H3;1-4H2;2H2,1H3;3H,2H2,1H3;/t20-,22-,26-,27?;17-,18-,20-;;;;;/m11...../s1. The van der Waals surface area contributed by atoms with Gasteiger partial charge in [-0.3, -0.25) is 0 Å². The molecule has 3 fully saturated rings. The van der Waals surface area contributed by atoms with E-state index in [0.717, 1.165) is 55.9 Å². The second-order valence-corrected chi connectivity index (χ2v) is 23.9. The number of cyclic esters (lactones) is 1. The summed E-state index contributed by atoms with van der Waals surface area (Å²) in [6.07, 6.45) is 10.0. The number of rotatable bonds is 20. The highest BCUT2D eigenvalue weighted by Gasteiger charge is 2.67. The highest BCUT2D eigenvalue weighted by molar-refractivity contribution is 9.10. The van der Waals surface area contributed by atoms with Gasteiger partial charge < -0.3 is 47.7 Å². The van der Waals surface area contributed by atoms with Gasteiger partial charge in [-0.05, 0) is 103 Å². The fourth-order valence-electron chi connectivity index (χ4n) is 8.89. The third-order valence-electron chi connectivity index (χ3n) is 13.4. The summed E-state index contributed by atoms with van der Waals surface area (Å²) in [6, 6.07) is 38.2. The molecule has 0 aliphatic carbocycles. The lowest BCUT2D eigenvalue weighted by Crippen LogP contribution is -2.50. The molecule has 0 bridgehead atoms. The van der Waals surface area contributed by atoms with Crippen molar-refractivity contribution in [1.82, 2.24) is 39.2 Å². The third-order valence-corrected chi connectivity index (χ3v) is 16.3. The lowest BCUT2D eigenvalue weighted by Gasteiger charge is -2.33. The predicted octanol–water partition coefficient (Wildman–Crippen LogP) is 13.1. The number of alkyl halides is 2. The normalized spacial score (nSPS) is 21.2. The van der Waals surface area contributed by atoms with Crippen molar-refractivity contribution in [3.05, 3.63) is 166 Å². The van der Waals surface area contributed by atoms with Crippen LogP contribution in [0.4, 0.5) is 22.2 Å². The average molecular weight is 1410 g/mol. The summed E-state index contributed by atoms with van der Waals surface area (Å²) in [5.74, 6) is -3.31. The summed E-state index contributed by atoms with van der Waals surface area (Å²) in [6.45, 7) is 9.27. The molecule has 1 unspecified atom stereocenters. The SMILES string of the molecule is C1CCOC1.CCO.CC[B]F.CSc1nc(SC)c2ncc(Br)n2n1.CSc1nc(SC)c2ncc(C3(O)O[C@H](COCc4ccccc4)[C@@H](OCc4ccccc4)[C@@]3(C)F)n2n1.C[C@]1(F)C(=O)O[C@H](COCc2ccccc2)[C@H]1OCc1ccccc1.FF. The molecule has 0 amide bonds. The van der Waals surface area contributed by atoms with Crippen LogP contribution in [0.5, 0.6) is 0 Å². The van der Waals surface area contributed by atoms with E-state index in [0.29, 0.717) is 42.9 Å². The first-order valence-electron chi connectivity index (χ1n) is 28.6. The number of carbonyl (C=O) groups is 1. The van der Waals surface area contributed by atoms with Crippen molar-refractivity contribution in [2.24, 2.45) is 0 Å². The van der Waals surface area contributed by atoms with Gasteiger partial charge in [0.05, 0.1) is 52.0 Å². The minimum atomic E-state index is -2.41. The molecule has 7 heterocycles. The molecular formula is C62H76BBrF5N8O10S4. The number of carbonyl (C=O) groups excluding carboxylic acids is 1. The van der Waals surface area contributed by atoms with Crippen molar-refractivity contribution >= 4 is 87.8 Å². The number of benzene rings is 4. The number of aliphatic hydroxyl groups is 2. The molecule has 11 rings (SSSR count). The van der Waals surface area contributed by atoms with Gasteiger partial charge in [0.2, 0.25) is 21.8 Å². The zero-order valence-corrected chi connectivity index (χ0v) is 56.6. The molecule has 0 spiro atoms. The number of ether oxygens (including phenoxy) is 7. The highest BCUT2D eigenvalue weighted by Crippen LogP contribution is 2.50. The molecule has 3 saturated heterocycles. The Morgan fingerprint density at radius 2 is 1.05 bits per heavy atom. The first-order chi connectivity index (χ1) is 44.0. The molecule has 2 N–H and O–H groups in total. The van der Waals surface area contributed by atoms with Crippen LogP contribution in [0.1, 0.15) is 68.5 Å². The molecule has 18 nitrogen and oxygen atoms in total. The second kappa shape index (κ2) is 40.1. The number of esters is 1. The van der Waals surface area contributed by atoms with E-state index >= 15 is 4.39 Å². The third kappa shape index (κ3) is 21.9. The minimum Gasteiger partial charge on any atom is -0.455 e. The summed E-state index contributed by atoms with van der Waals surface area (Å²) < 4.78 is 102. The van der Waals surface area contributed by atoms with Gasteiger partial charge in [0.15, 0.2) is 23.1 Å². The van der Waals surface area contributed by atoms with E-state index in [1.807, 2.05) is 146 Å². The van der Waals surface area contributed by atoms with Crippen molar-refractivity contribution < 1.29 is 70.4 Å². The molecule has 3 aliphatic heterocycles. The molecule has 4 aromatic carbocycles. The molecule has 8 aromatic rings. The fraction of sp³-hybridized carbons (Fsp3) is 0.435. The van der Waals surface area contributed by atoms with Gasteiger partial charge in [0, 0.05) is 29.0 Å². The number of halogens is 6. The summed E-state index contributed by atoms with van der Waals surface area (Å²) in [5, 5.41) is 31.0. The lowest BCUT2D eigenvalue weighted by atomic mass is 9.89. The molecule has 493 valence electrons. The van der Waals surface area contributed by atoms with E-state index in [1.165, 1.54) is 72.7 Å². The van der Waals surface area contributed by atoms with Crippen LogP contribution in [0.2, 0.25) is 6.32 Å². The molecule has 29 heteroatoms. The number of imidazole rings is 2. The summed E-state index contributed by atoms with van der Waals surface area (Å²) in [7, 11) is 0.625. The Hall–Kier alpha value is -5.28. The quantitative estimate of drug-likeness (QED) is 0.0315. The average Bonchev–Trinajstić information content (AvgIpc) is 1.57. The van der Waals surface area contributed by atoms with E-state index in [1.54, 1.807) is 36.3 Å². The number of aliphatic hydroxyl groups excluding tert-OH is 1.